The highest BCUT2D eigenvalue weighted by Gasteiger charge is 2.31. The Morgan fingerprint density at radius 2 is 2.20 bits per heavy atom. The van der Waals surface area contributed by atoms with Gasteiger partial charge in [-0.2, -0.15) is 0 Å². The lowest BCUT2D eigenvalue weighted by Gasteiger charge is -2.09. The van der Waals surface area contributed by atoms with E-state index in [1.807, 2.05) is 36.7 Å². The molecule has 3 nitrogen and oxygen atoms in total. The first-order valence-electron chi connectivity index (χ1n) is 6.83. The molecule has 1 aliphatic rings. The van der Waals surface area contributed by atoms with Crippen molar-refractivity contribution in [2.24, 2.45) is 5.92 Å². The van der Waals surface area contributed by atoms with Crippen LogP contribution in [0.5, 0.6) is 5.75 Å². The van der Waals surface area contributed by atoms with Crippen LogP contribution in [-0.4, -0.2) is 16.8 Å². The molecule has 0 bridgehead atoms. The molecule has 20 heavy (non-hydrogen) atoms. The number of hydrogen-bond acceptors (Lipinski definition) is 2. The van der Waals surface area contributed by atoms with Crippen LogP contribution >= 0.6 is 15.9 Å². The summed E-state index contributed by atoms with van der Waals surface area (Å²) in [5, 5.41) is 10.1. The number of benzene rings is 1. The molecule has 0 saturated heterocycles. The van der Waals surface area contributed by atoms with Crippen molar-refractivity contribution in [2.45, 2.75) is 25.5 Å². The van der Waals surface area contributed by atoms with Crippen molar-refractivity contribution in [3.8, 4) is 5.75 Å². The molecular formula is C16H18BrNO2. The van der Waals surface area contributed by atoms with E-state index >= 15 is 0 Å². The fourth-order valence-electron chi connectivity index (χ4n) is 2.41. The molecule has 0 aliphatic heterocycles. The van der Waals surface area contributed by atoms with Gasteiger partial charge in [-0.25, -0.2) is 0 Å². The van der Waals surface area contributed by atoms with Gasteiger partial charge >= 0.3 is 0 Å². The fourth-order valence-corrected chi connectivity index (χ4v) is 2.78. The summed E-state index contributed by atoms with van der Waals surface area (Å²) >= 11 is 3.57. The second-order valence-corrected chi connectivity index (χ2v) is 6.21. The van der Waals surface area contributed by atoms with Crippen molar-refractivity contribution in [3.05, 3.63) is 52.3 Å². The van der Waals surface area contributed by atoms with Crippen LogP contribution in [0.25, 0.3) is 0 Å². The Morgan fingerprint density at radius 3 is 2.90 bits per heavy atom. The first-order chi connectivity index (χ1) is 9.67. The van der Waals surface area contributed by atoms with Crippen molar-refractivity contribution in [3.63, 3.8) is 0 Å². The molecule has 0 radical (unpaired) electrons. The summed E-state index contributed by atoms with van der Waals surface area (Å²) in [6.45, 7) is 0.759. The van der Waals surface area contributed by atoms with E-state index in [1.54, 1.807) is 7.11 Å². The van der Waals surface area contributed by atoms with E-state index in [2.05, 4.69) is 20.5 Å². The van der Waals surface area contributed by atoms with E-state index in [4.69, 9.17) is 4.74 Å². The molecule has 2 aromatic rings. The van der Waals surface area contributed by atoms with Crippen LogP contribution in [0.1, 0.15) is 30.1 Å². The number of aromatic nitrogens is 1. The number of aliphatic hydroxyl groups excluding tert-OH is 1. The minimum absolute atomic E-state index is 0.301. The smallest absolute Gasteiger partial charge is 0.119 e. The van der Waals surface area contributed by atoms with Gasteiger partial charge in [0.1, 0.15) is 5.75 Å². The number of ether oxygens (including phenoxy) is 1. The largest absolute Gasteiger partial charge is 0.497 e. The summed E-state index contributed by atoms with van der Waals surface area (Å²) in [4.78, 5) is 0. The Kier molecular flexibility index (Phi) is 3.85. The van der Waals surface area contributed by atoms with E-state index in [0.717, 1.165) is 40.7 Å². The van der Waals surface area contributed by atoms with Gasteiger partial charge in [-0.3, -0.25) is 0 Å². The molecule has 3 rings (SSSR count). The van der Waals surface area contributed by atoms with Crippen LogP contribution in [0, 0.1) is 5.92 Å². The van der Waals surface area contributed by atoms with Crippen molar-refractivity contribution in [2.75, 3.05) is 7.11 Å². The standard InChI is InChI=1S/C16H18BrNO2/c1-20-14-4-5-15(17)13(8-14)10-18-7-6-12(9-18)16(19)11-2-3-11/h4-9,11,16,19H,2-3,10H2,1H3. The number of aliphatic hydroxyl groups is 1. The molecule has 1 aromatic heterocycles. The predicted molar refractivity (Wildman–Crippen MR) is 81.9 cm³/mol. The Morgan fingerprint density at radius 1 is 1.40 bits per heavy atom. The maximum absolute atomic E-state index is 10.1. The quantitative estimate of drug-likeness (QED) is 0.902. The molecule has 1 heterocycles. The lowest BCUT2D eigenvalue weighted by molar-refractivity contribution is 0.154. The molecule has 1 saturated carbocycles. The summed E-state index contributed by atoms with van der Waals surface area (Å²) < 4.78 is 8.42. The van der Waals surface area contributed by atoms with Crippen molar-refractivity contribution in [1.29, 1.82) is 0 Å². The van der Waals surface area contributed by atoms with Gasteiger partial charge < -0.3 is 14.4 Å². The third-order valence-corrected chi connectivity index (χ3v) is 4.56. The van der Waals surface area contributed by atoms with Crippen molar-refractivity contribution >= 4 is 15.9 Å². The number of halogens is 1. The first-order valence-corrected chi connectivity index (χ1v) is 7.63. The first kappa shape index (κ1) is 13.7. The Bertz CT molecular complexity index is 604. The normalized spacial score (nSPS) is 16.1. The van der Waals surface area contributed by atoms with E-state index in [-0.39, 0.29) is 6.10 Å². The second kappa shape index (κ2) is 5.62. The van der Waals surface area contributed by atoms with E-state index in [9.17, 15) is 5.11 Å². The van der Waals surface area contributed by atoms with Crippen LogP contribution in [0.3, 0.4) is 0 Å². The molecule has 1 N–H and O–H groups in total. The van der Waals surface area contributed by atoms with Crippen molar-refractivity contribution < 1.29 is 9.84 Å². The summed E-state index contributed by atoms with van der Waals surface area (Å²) in [5.74, 6) is 1.32. The van der Waals surface area contributed by atoms with Crippen molar-refractivity contribution in [1.82, 2.24) is 4.57 Å². The molecule has 1 aliphatic carbocycles. The number of nitrogens with zero attached hydrogens (tertiary/aromatic N) is 1. The SMILES string of the molecule is COc1ccc(Br)c(Cn2ccc(C(O)C3CC3)c2)c1. The van der Waals surface area contributed by atoms with E-state index in [0.29, 0.717) is 5.92 Å². The Labute approximate surface area is 127 Å². The average molecular weight is 336 g/mol. The molecule has 106 valence electrons. The zero-order valence-corrected chi connectivity index (χ0v) is 13.0. The second-order valence-electron chi connectivity index (χ2n) is 5.36. The highest BCUT2D eigenvalue weighted by atomic mass is 79.9. The molecule has 1 atom stereocenters. The van der Waals surface area contributed by atoms with Gasteiger partial charge in [0.25, 0.3) is 0 Å². The molecule has 0 amide bonds. The van der Waals surface area contributed by atoms with Gasteiger partial charge in [0.05, 0.1) is 13.2 Å². The monoisotopic (exact) mass is 335 g/mol. The molecule has 1 aromatic carbocycles. The molecule has 4 heteroatoms. The van der Waals surface area contributed by atoms with Gasteiger partial charge in [-0.15, -0.1) is 0 Å². The van der Waals surface area contributed by atoms with E-state index < -0.39 is 0 Å². The summed E-state index contributed by atoms with van der Waals surface area (Å²) in [6, 6.07) is 7.97. The third kappa shape index (κ3) is 2.91. The Hall–Kier alpha value is -1.26. The number of hydrogen-bond donors (Lipinski definition) is 1. The highest BCUT2D eigenvalue weighted by molar-refractivity contribution is 9.10. The number of methoxy groups -OCH3 is 1. The lowest BCUT2D eigenvalue weighted by atomic mass is 10.1. The minimum atomic E-state index is -0.301. The van der Waals surface area contributed by atoms with Gasteiger partial charge in [0.2, 0.25) is 0 Å². The van der Waals surface area contributed by atoms with Crippen LogP contribution in [0.15, 0.2) is 41.1 Å². The lowest BCUT2D eigenvalue weighted by Crippen LogP contribution is -2.00. The van der Waals surface area contributed by atoms with Gasteiger partial charge in [-0.1, -0.05) is 15.9 Å². The summed E-state index contributed by atoms with van der Waals surface area (Å²) in [6.07, 6.45) is 6.05. The fraction of sp³-hybridized carbons (Fsp3) is 0.375. The highest BCUT2D eigenvalue weighted by Crippen LogP contribution is 2.40. The van der Waals surface area contributed by atoms with E-state index in [1.165, 1.54) is 0 Å². The molecule has 1 unspecified atom stereocenters. The maximum Gasteiger partial charge on any atom is 0.119 e. The van der Waals surface area contributed by atoms with Crippen LogP contribution in [-0.2, 0) is 6.54 Å². The average Bonchev–Trinajstić information content (AvgIpc) is 3.20. The minimum Gasteiger partial charge on any atom is -0.497 e. The third-order valence-electron chi connectivity index (χ3n) is 3.79. The van der Waals surface area contributed by atoms with Crippen LogP contribution < -0.4 is 4.74 Å². The Balaban J connectivity index is 1.77. The molecule has 1 fully saturated rings. The van der Waals surface area contributed by atoms with Crippen LogP contribution in [0.4, 0.5) is 0 Å². The predicted octanol–water partition coefficient (Wildman–Crippen LogP) is 3.75. The molecular weight excluding hydrogens is 318 g/mol. The topological polar surface area (TPSA) is 34.4 Å². The maximum atomic E-state index is 10.1. The molecule has 0 spiro atoms. The summed E-state index contributed by atoms with van der Waals surface area (Å²) in [5.41, 5.74) is 2.18. The number of rotatable bonds is 5. The zero-order valence-electron chi connectivity index (χ0n) is 11.4. The van der Waals surface area contributed by atoms with Gasteiger partial charge in [0.15, 0.2) is 0 Å². The summed E-state index contributed by atoms with van der Waals surface area (Å²) in [7, 11) is 1.67. The van der Waals surface area contributed by atoms with Gasteiger partial charge in [-0.05, 0) is 54.2 Å². The van der Waals surface area contributed by atoms with Gasteiger partial charge in [0, 0.05) is 23.4 Å². The zero-order chi connectivity index (χ0) is 14.1. The van der Waals surface area contributed by atoms with Crippen LogP contribution in [0.2, 0.25) is 0 Å².